The van der Waals surface area contributed by atoms with Crippen LogP contribution in [-0.4, -0.2) is 39.2 Å². The first-order valence-corrected chi connectivity index (χ1v) is 11.1. The number of hydrogen-bond donors (Lipinski definition) is 0. The topological polar surface area (TPSA) is 73.7 Å². The molecule has 2 atom stereocenters. The van der Waals surface area contributed by atoms with Crippen molar-refractivity contribution in [2.24, 2.45) is 11.8 Å². The van der Waals surface area contributed by atoms with Crippen LogP contribution in [0.4, 0.5) is 13.6 Å². The van der Waals surface area contributed by atoms with Crippen LogP contribution in [-0.2, 0) is 4.74 Å². The van der Waals surface area contributed by atoms with Crippen molar-refractivity contribution < 1.29 is 23.0 Å². The maximum absolute atomic E-state index is 14.2. The van der Waals surface area contributed by atoms with Gasteiger partial charge >= 0.3 is 6.09 Å². The minimum absolute atomic E-state index is 0.0454. The molecule has 1 saturated heterocycles. The number of amides is 1. The molecule has 1 aliphatic heterocycles. The minimum atomic E-state index is -0.692. The molecule has 1 aliphatic carbocycles. The van der Waals surface area contributed by atoms with E-state index in [1.165, 1.54) is 19.3 Å². The Balaban J connectivity index is 1.38. The lowest BCUT2D eigenvalue weighted by Crippen LogP contribution is -2.37. The summed E-state index contributed by atoms with van der Waals surface area (Å²) in [5, 5.41) is 0.323. The van der Waals surface area contributed by atoms with Gasteiger partial charge in [0.05, 0.1) is 17.2 Å². The number of carbonyl (C=O) groups is 1. The fraction of sp³-hybridized carbons (Fsp3) is 0.400. The van der Waals surface area contributed by atoms with Crippen molar-refractivity contribution in [3.05, 3.63) is 64.2 Å². The average molecular weight is 469 g/mol. The third-order valence-corrected chi connectivity index (χ3v) is 6.39. The van der Waals surface area contributed by atoms with E-state index in [0.29, 0.717) is 24.0 Å². The van der Waals surface area contributed by atoms with E-state index >= 15 is 0 Å². The maximum Gasteiger partial charge on any atom is 0.410 e. The molecule has 2 aliphatic rings. The quantitative estimate of drug-likeness (QED) is 0.550. The molecule has 0 bridgehead atoms. The van der Waals surface area contributed by atoms with Crippen molar-refractivity contribution >= 4 is 17.0 Å². The van der Waals surface area contributed by atoms with Gasteiger partial charge in [0.15, 0.2) is 11.6 Å². The van der Waals surface area contributed by atoms with Gasteiger partial charge in [0.25, 0.3) is 5.56 Å². The summed E-state index contributed by atoms with van der Waals surface area (Å²) in [5.41, 5.74) is -0.278. The highest BCUT2D eigenvalue weighted by molar-refractivity contribution is 5.79. The molecule has 34 heavy (non-hydrogen) atoms. The molecule has 1 aromatic heterocycles. The van der Waals surface area contributed by atoms with Gasteiger partial charge < -0.3 is 14.4 Å². The smallest absolute Gasteiger partial charge is 0.410 e. The molecule has 2 heterocycles. The Labute approximate surface area is 194 Å². The molecular formula is C25H25F2N3O4. The van der Waals surface area contributed by atoms with Gasteiger partial charge in [-0.1, -0.05) is 0 Å². The van der Waals surface area contributed by atoms with Gasteiger partial charge in [-0.2, -0.15) is 0 Å². The summed E-state index contributed by atoms with van der Waals surface area (Å²) in [6, 6.07) is 6.66. The second-order valence-corrected chi connectivity index (χ2v) is 9.92. The number of benzene rings is 2. The molecular weight excluding hydrogens is 444 g/mol. The number of rotatable bonds is 3. The summed E-state index contributed by atoms with van der Waals surface area (Å²) in [4.78, 5) is 31.7. The molecule has 1 saturated carbocycles. The monoisotopic (exact) mass is 469 g/mol. The van der Waals surface area contributed by atoms with Crippen molar-refractivity contribution in [1.82, 2.24) is 14.5 Å². The molecule has 3 aromatic rings. The molecule has 9 heteroatoms. The number of piperidine rings is 1. The van der Waals surface area contributed by atoms with Crippen LogP contribution >= 0.6 is 0 Å². The number of nitrogens with zero attached hydrogens (tertiary/aromatic N) is 3. The second kappa shape index (κ2) is 7.78. The van der Waals surface area contributed by atoms with E-state index in [1.807, 2.05) is 20.8 Å². The predicted octanol–water partition coefficient (Wildman–Crippen LogP) is 4.81. The van der Waals surface area contributed by atoms with E-state index in [0.717, 1.165) is 12.1 Å². The first-order valence-electron chi connectivity index (χ1n) is 11.1. The van der Waals surface area contributed by atoms with Crippen LogP contribution in [0.5, 0.6) is 11.5 Å². The summed E-state index contributed by atoms with van der Waals surface area (Å²) >= 11 is 0. The Hall–Kier alpha value is -3.49. The number of fused-ring (bicyclic) bond motifs is 2. The molecule has 2 aromatic carbocycles. The van der Waals surface area contributed by atoms with E-state index in [1.54, 1.807) is 21.6 Å². The molecule has 2 fully saturated rings. The zero-order valence-electron chi connectivity index (χ0n) is 19.3. The fourth-order valence-electron chi connectivity index (χ4n) is 4.65. The fourth-order valence-corrected chi connectivity index (χ4v) is 4.65. The first-order chi connectivity index (χ1) is 16.0. The van der Waals surface area contributed by atoms with Crippen molar-refractivity contribution in [2.45, 2.75) is 39.3 Å². The lowest BCUT2D eigenvalue weighted by molar-refractivity contribution is 0.0266. The summed E-state index contributed by atoms with van der Waals surface area (Å²) in [5.74, 6) is -0.961. The third kappa shape index (κ3) is 3.89. The Kier molecular flexibility index (Phi) is 5.11. The van der Waals surface area contributed by atoms with Gasteiger partial charge in [-0.05, 0) is 58.0 Å². The van der Waals surface area contributed by atoms with E-state index in [4.69, 9.17) is 9.47 Å². The highest BCUT2D eigenvalue weighted by Crippen LogP contribution is 2.54. The predicted molar refractivity (Wildman–Crippen MR) is 121 cm³/mol. The van der Waals surface area contributed by atoms with Gasteiger partial charge in [0.2, 0.25) is 0 Å². The maximum atomic E-state index is 14.2. The van der Waals surface area contributed by atoms with Crippen LogP contribution in [0, 0.1) is 30.4 Å². The van der Waals surface area contributed by atoms with Crippen molar-refractivity contribution in [3.63, 3.8) is 0 Å². The minimum Gasteiger partial charge on any atom is -0.454 e. The summed E-state index contributed by atoms with van der Waals surface area (Å²) in [6.45, 7) is 7.95. The SMILES string of the molecule is Cc1c(F)ccc(F)c1Oc1ccc2ncn(C3C4CN(C(=O)OC(C)(C)C)CC43)c(=O)c2c1. The summed E-state index contributed by atoms with van der Waals surface area (Å²) in [7, 11) is 0. The van der Waals surface area contributed by atoms with Gasteiger partial charge in [-0.25, -0.2) is 18.6 Å². The molecule has 5 rings (SSSR count). The lowest BCUT2D eigenvalue weighted by atomic mass is 10.2. The highest BCUT2D eigenvalue weighted by Gasteiger charge is 2.58. The summed E-state index contributed by atoms with van der Waals surface area (Å²) < 4.78 is 40.7. The molecule has 1 amide bonds. The van der Waals surface area contributed by atoms with Crippen LogP contribution < -0.4 is 10.3 Å². The normalized spacial score (nSPS) is 21.5. The van der Waals surface area contributed by atoms with Crippen molar-refractivity contribution in [3.8, 4) is 11.5 Å². The van der Waals surface area contributed by atoms with E-state index < -0.39 is 17.2 Å². The second-order valence-electron chi connectivity index (χ2n) is 9.92. The third-order valence-electron chi connectivity index (χ3n) is 6.39. The van der Waals surface area contributed by atoms with Gasteiger partial charge in [-0.3, -0.25) is 9.36 Å². The Bertz CT molecular complexity index is 1350. The van der Waals surface area contributed by atoms with E-state index in [2.05, 4.69) is 4.98 Å². The first kappa shape index (κ1) is 22.3. The van der Waals surface area contributed by atoms with E-state index in [-0.39, 0.29) is 46.6 Å². The Morgan fingerprint density at radius 3 is 2.44 bits per heavy atom. The standard InChI is InChI=1S/C25H25F2N3O4/c1-13-18(26)6-7-19(27)22(13)33-14-5-8-20-15(9-14)23(31)30(12-28-20)21-16-10-29(11-17(16)21)24(32)34-25(2,3)4/h5-9,12,16-17,21H,10-11H2,1-4H3. The Morgan fingerprint density at radius 2 is 1.76 bits per heavy atom. The zero-order chi connectivity index (χ0) is 24.4. The number of carbonyl (C=O) groups excluding carboxylic acids is 1. The highest BCUT2D eigenvalue weighted by atomic mass is 19.1. The van der Waals surface area contributed by atoms with Crippen LogP contribution in [0.3, 0.4) is 0 Å². The van der Waals surface area contributed by atoms with Crippen molar-refractivity contribution in [1.29, 1.82) is 0 Å². The van der Waals surface area contributed by atoms with Crippen LogP contribution in [0.15, 0.2) is 41.5 Å². The molecule has 178 valence electrons. The van der Waals surface area contributed by atoms with Gasteiger partial charge in [0.1, 0.15) is 17.2 Å². The van der Waals surface area contributed by atoms with Gasteiger partial charge in [-0.15, -0.1) is 0 Å². The number of ether oxygens (including phenoxy) is 2. The van der Waals surface area contributed by atoms with Gasteiger partial charge in [0, 0.05) is 36.5 Å². The zero-order valence-corrected chi connectivity index (χ0v) is 19.3. The van der Waals surface area contributed by atoms with Crippen molar-refractivity contribution in [2.75, 3.05) is 13.1 Å². The number of halogens is 2. The average Bonchev–Trinajstić information content (AvgIpc) is 3.24. The lowest BCUT2D eigenvalue weighted by Gasteiger charge is -2.26. The molecule has 0 spiro atoms. The van der Waals surface area contributed by atoms with E-state index in [9.17, 15) is 18.4 Å². The molecule has 0 radical (unpaired) electrons. The molecule has 2 unspecified atom stereocenters. The molecule has 7 nitrogen and oxygen atoms in total. The largest absolute Gasteiger partial charge is 0.454 e. The number of aromatic nitrogens is 2. The van der Waals surface area contributed by atoms with Crippen LogP contribution in [0.25, 0.3) is 10.9 Å². The van der Waals surface area contributed by atoms with Crippen LogP contribution in [0.1, 0.15) is 32.4 Å². The number of hydrogen-bond acceptors (Lipinski definition) is 5. The number of likely N-dealkylation sites (tertiary alicyclic amines) is 1. The summed E-state index contributed by atoms with van der Waals surface area (Å²) in [6.07, 6.45) is 1.19. The Morgan fingerprint density at radius 1 is 1.09 bits per heavy atom. The van der Waals surface area contributed by atoms with Crippen LogP contribution in [0.2, 0.25) is 0 Å². The molecule has 0 N–H and O–H groups in total.